The summed E-state index contributed by atoms with van der Waals surface area (Å²) in [6.07, 6.45) is 2.69. The van der Waals surface area contributed by atoms with E-state index in [4.69, 9.17) is 0 Å². The van der Waals surface area contributed by atoms with Gasteiger partial charge in [0.25, 0.3) is 0 Å². The Balaban J connectivity index is 1.57. The fourth-order valence-corrected chi connectivity index (χ4v) is 6.28. The van der Waals surface area contributed by atoms with E-state index in [1.165, 1.54) is 27.8 Å². The van der Waals surface area contributed by atoms with Crippen LogP contribution in [0, 0.1) is 12.7 Å². The van der Waals surface area contributed by atoms with Crippen molar-refractivity contribution in [1.82, 2.24) is 14.9 Å². The number of nitrogens with one attached hydrogen (secondary N) is 2. The van der Waals surface area contributed by atoms with Gasteiger partial charge in [-0.25, -0.2) is 12.8 Å². The molecule has 2 heterocycles. The van der Waals surface area contributed by atoms with Crippen molar-refractivity contribution in [3.63, 3.8) is 0 Å². The fourth-order valence-electron chi connectivity index (χ4n) is 3.70. The normalized spacial score (nSPS) is 17.3. The van der Waals surface area contributed by atoms with Gasteiger partial charge in [0.2, 0.25) is 10.0 Å². The largest absolute Gasteiger partial charge is 0.348 e. The monoisotopic (exact) mass is 467 g/mol. The number of rotatable bonds is 7. The first-order valence-corrected chi connectivity index (χ1v) is 12.5. The van der Waals surface area contributed by atoms with Crippen molar-refractivity contribution in [2.24, 2.45) is 0 Å². The van der Waals surface area contributed by atoms with Crippen molar-refractivity contribution in [3.8, 4) is 0 Å². The Labute approximate surface area is 185 Å². The Kier molecular flexibility index (Phi) is 7.79. The van der Waals surface area contributed by atoms with Crippen LogP contribution in [0.1, 0.15) is 36.1 Å². The summed E-state index contributed by atoms with van der Waals surface area (Å²) in [6.45, 7) is 2.42. The molecule has 1 atom stereocenters. The van der Waals surface area contributed by atoms with Gasteiger partial charge in [-0.05, 0) is 61.4 Å². The van der Waals surface area contributed by atoms with Gasteiger partial charge >= 0.3 is 11.8 Å². The molecule has 7 nitrogen and oxygen atoms in total. The van der Waals surface area contributed by atoms with E-state index in [-0.39, 0.29) is 24.0 Å². The number of nitrogens with zero attached hydrogens (tertiary/aromatic N) is 1. The third-order valence-electron chi connectivity index (χ3n) is 5.27. The van der Waals surface area contributed by atoms with Crippen LogP contribution in [0.15, 0.2) is 40.6 Å². The molecule has 1 fully saturated rings. The summed E-state index contributed by atoms with van der Waals surface area (Å²) in [5, 5.41) is 7.02. The molecule has 3 rings (SSSR count). The molecule has 1 aromatic heterocycles. The van der Waals surface area contributed by atoms with Crippen LogP contribution in [0.4, 0.5) is 4.39 Å². The predicted octanol–water partition coefficient (Wildman–Crippen LogP) is 2.56. The number of aryl methyl sites for hydroxylation is 1. The minimum absolute atomic E-state index is 0.0952. The van der Waals surface area contributed by atoms with E-state index >= 15 is 0 Å². The molecule has 0 spiro atoms. The maximum atomic E-state index is 13.4. The van der Waals surface area contributed by atoms with Crippen LogP contribution >= 0.6 is 11.3 Å². The lowest BCUT2D eigenvalue weighted by molar-refractivity contribution is -0.139. The molecule has 1 saturated heterocycles. The van der Waals surface area contributed by atoms with Crippen molar-refractivity contribution in [3.05, 3.63) is 52.0 Å². The Morgan fingerprint density at radius 2 is 1.97 bits per heavy atom. The molecule has 0 unspecified atom stereocenters. The average molecular weight is 468 g/mol. The van der Waals surface area contributed by atoms with Gasteiger partial charge in [-0.1, -0.05) is 12.5 Å². The summed E-state index contributed by atoms with van der Waals surface area (Å²) >= 11 is 1.49. The first-order chi connectivity index (χ1) is 14.8. The number of thiophene rings is 1. The molecule has 31 heavy (non-hydrogen) atoms. The van der Waals surface area contributed by atoms with Gasteiger partial charge in [0, 0.05) is 24.0 Å². The third-order valence-corrected chi connectivity index (χ3v) is 8.26. The summed E-state index contributed by atoms with van der Waals surface area (Å²) in [6, 6.07) is 7.09. The van der Waals surface area contributed by atoms with Crippen LogP contribution in [0.2, 0.25) is 0 Å². The zero-order valence-corrected chi connectivity index (χ0v) is 18.9. The second-order valence-electron chi connectivity index (χ2n) is 7.48. The Morgan fingerprint density at radius 3 is 2.68 bits per heavy atom. The summed E-state index contributed by atoms with van der Waals surface area (Å²) in [7, 11) is -3.78. The second-order valence-corrected chi connectivity index (χ2v) is 10.4. The SMILES string of the molecule is Cc1cc(F)ccc1S(=O)(=O)N1CCCC[C@@H]1CCNC(=O)C(=O)NCc1cccs1. The maximum absolute atomic E-state index is 13.4. The highest BCUT2D eigenvalue weighted by Gasteiger charge is 2.34. The number of hydrogen-bond acceptors (Lipinski definition) is 5. The molecule has 1 aliphatic heterocycles. The van der Waals surface area contributed by atoms with E-state index in [0.29, 0.717) is 24.9 Å². The van der Waals surface area contributed by atoms with Crippen LogP contribution < -0.4 is 10.6 Å². The van der Waals surface area contributed by atoms with E-state index in [1.807, 2.05) is 17.5 Å². The second kappa shape index (κ2) is 10.3. The molecule has 168 valence electrons. The minimum Gasteiger partial charge on any atom is -0.348 e. The summed E-state index contributed by atoms with van der Waals surface area (Å²) in [5.74, 6) is -1.94. The van der Waals surface area contributed by atoms with Crippen LogP contribution in [-0.4, -0.2) is 43.7 Å². The van der Waals surface area contributed by atoms with Crippen molar-refractivity contribution >= 4 is 33.2 Å². The summed E-state index contributed by atoms with van der Waals surface area (Å²) < 4.78 is 41.2. The molecule has 2 amide bonds. The first-order valence-electron chi connectivity index (χ1n) is 10.2. The molecule has 2 N–H and O–H groups in total. The number of carbonyl (C=O) groups is 2. The average Bonchev–Trinajstić information content (AvgIpc) is 3.25. The van der Waals surface area contributed by atoms with Crippen LogP contribution in [0.3, 0.4) is 0 Å². The van der Waals surface area contributed by atoms with Crippen LogP contribution in [0.5, 0.6) is 0 Å². The topological polar surface area (TPSA) is 95.6 Å². The van der Waals surface area contributed by atoms with Crippen molar-refractivity contribution in [2.45, 2.75) is 50.1 Å². The summed E-state index contributed by atoms with van der Waals surface area (Å²) in [5.41, 5.74) is 0.361. The van der Waals surface area contributed by atoms with Gasteiger partial charge in [-0.3, -0.25) is 9.59 Å². The first kappa shape index (κ1) is 23.4. The van der Waals surface area contributed by atoms with E-state index in [2.05, 4.69) is 10.6 Å². The highest BCUT2D eigenvalue weighted by atomic mass is 32.2. The van der Waals surface area contributed by atoms with Gasteiger partial charge in [-0.15, -0.1) is 11.3 Å². The number of halogens is 1. The van der Waals surface area contributed by atoms with E-state index in [1.54, 1.807) is 6.92 Å². The quantitative estimate of drug-likeness (QED) is 0.612. The Morgan fingerprint density at radius 1 is 1.19 bits per heavy atom. The fraction of sp³-hybridized carbons (Fsp3) is 0.429. The van der Waals surface area contributed by atoms with Gasteiger partial charge in [0.15, 0.2) is 0 Å². The van der Waals surface area contributed by atoms with E-state index < -0.39 is 27.7 Å². The summed E-state index contributed by atoms with van der Waals surface area (Å²) in [4.78, 5) is 25.0. The lowest BCUT2D eigenvalue weighted by Crippen LogP contribution is -2.46. The van der Waals surface area contributed by atoms with Gasteiger partial charge in [-0.2, -0.15) is 4.31 Å². The molecule has 10 heteroatoms. The lowest BCUT2D eigenvalue weighted by atomic mass is 10.0. The molecule has 2 aromatic rings. The number of sulfonamides is 1. The van der Waals surface area contributed by atoms with Crippen LogP contribution in [-0.2, 0) is 26.2 Å². The predicted molar refractivity (Wildman–Crippen MR) is 116 cm³/mol. The highest BCUT2D eigenvalue weighted by Crippen LogP contribution is 2.28. The smallest absolute Gasteiger partial charge is 0.309 e. The lowest BCUT2D eigenvalue weighted by Gasteiger charge is -2.35. The maximum Gasteiger partial charge on any atom is 0.309 e. The minimum atomic E-state index is -3.78. The van der Waals surface area contributed by atoms with Crippen molar-refractivity contribution < 1.29 is 22.4 Å². The van der Waals surface area contributed by atoms with Crippen molar-refractivity contribution in [2.75, 3.05) is 13.1 Å². The molecule has 0 saturated carbocycles. The van der Waals surface area contributed by atoms with Crippen LogP contribution in [0.25, 0.3) is 0 Å². The Hall–Kier alpha value is -2.30. The Bertz CT molecular complexity index is 1030. The molecule has 0 aliphatic carbocycles. The molecule has 0 radical (unpaired) electrons. The number of carbonyl (C=O) groups excluding carboxylic acids is 2. The highest BCUT2D eigenvalue weighted by molar-refractivity contribution is 7.89. The molecule has 0 bridgehead atoms. The molecule has 1 aliphatic rings. The molecular formula is C21H26FN3O4S2. The van der Waals surface area contributed by atoms with Gasteiger partial charge in [0.05, 0.1) is 11.4 Å². The molecular weight excluding hydrogens is 441 g/mol. The van der Waals surface area contributed by atoms with Gasteiger partial charge < -0.3 is 10.6 Å². The van der Waals surface area contributed by atoms with E-state index in [9.17, 15) is 22.4 Å². The standard InChI is InChI=1S/C21H26FN3O4S2/c1-15-13-16(22)7-8-19(15)31(28,29)25-11-3-2-5-17(25)9-10-23-20(26)21(27)24-14-18-6-4-12-30-18/h4,6-8,12-13,17H,2-3,5,9-11,14H2,1H3,(H,23,26)(H,24,27)/t17-/m1/s1. The number of piperidine rings is 1. The van der Waals surface area contributed by atoms with Gasteiger partial charge in [0.1, 0.15) is 5.82 Å². The zero-order valence-electron chi connectivity index (χ0n) is 17.3. The number of benzene rings is 1. The third kappa shape index (κ3) is 5.90. The zero-order chi connectivity index (χ0) is 22.4. The number of amides is 2. The molecule has 1 aromatic carbocycles. The number of hydrogen-bond donors (Lipinski definition) is 2. The van der Waals surface area contributed by atoms with E-state index in [0.717, 1.165) is 23.8 Å². The van der Waals surface area contributed by atoms with Crippen molar-refractivity contribution in [1.29, 1.82) is 0 Å².